The Morgan fingerprint density at radius 3 is 3.17 bits per heavy atom. The first-order chi connectivity index (χ1) is 8.84. The number of carbonyl (C=O) groups is 1. The van der Waals surface area contributed by atoms with Crippen molar-refractivity contribution in [2.24, 2.45) is 0 Å². The Bertz CT molecular complexity index is 558. The van der Waals surface area contributed by atoms with Crippen LogP contribution in [0, 0.1) is 0 Å². The van der Waals surface area contributed by atoms with Gasteiger partial charge in [-0.1, -0.05) is 18.2 Å². The van der Waals surface area contributed by atoms with Gasteiger partial charge in [0.1, 0.15) is 0 Å². The molecular formula is C14H15NO2S. The van der Waals surface area contributed by atoms with Crippen molar-refractivity contribution in [1.29, 1.82) is 0 Å². The zero-order valence-corrected chi connectivity index (χ0v) is 10.8. The number of carbonyl (C=O) groups excluding carboxylic acids is 1. The average molecular weight is 261 g/mol. The molecule has 1 unspecified atom stereocenters. The summed E-state index contributed by atoms with van der Waals surface area (Å²) in [6, 6.07) is 8.08. The highest BCUT2D eigenvalue weighted by Crippen LogP contribution is 2.26. The van der Waals surface area contributed by atoms with Gasteiger partial charge in [-0.05, 0) is 22.4 Å². The second-order valence-corrected chi connectivity index (χ2v) is 5.39. The van der Waals surface area contributed by atoms with Gasteiger partial charge in [-0.3, -0.25) is 4.79 Å². The van der Waals surface area contributed by atoms with E-state index in [-0.39, 0.29) is 11.8 Å². The molecule has 1 saturated heterocycles. The number of benzene rings is 1. The lowest BCUT2D eigenvalue weighted by molar-refractivity contribution is -0.123. The molecule has 18 heavy (non-hydrogen) atoms. The number of morpholine rings is 1. The summed E-state index contributed by atoms with van der Waals surface area (Å²) < 4.78 is 6.57. The normalized spacial score (nSPS) is 20.1. The molecule has 3 rings (SSSR count). The van der Waals surface area contributed by atoms with E-state index in [1.54, 1.807) is 11.3 Å². The van der Waals surface area contributed by atoms with E-state index in [0.29, 0.717) is 19.6 Å². The standard InChI is InChI=1S/C14H15NO2S/c16-13(12-8-17-6-5-15-12)7-10-9-18-14-4-2-1-3-11(10)14/h1-4,9,12,15H,5-8H2. The molecule has 3 nitrogen and oxygen atoms in total. The number of hydrogen-bond donors (Lipinski definition) is 1. The Kier molecular flexibility index (Phi) is 3.41. The topological polar surface area (TPSA) is 38.3 Å². The molecule has 0 aliphatic carbocycles. The van der Waals surface area contributed by atoms with Gasteiger partial charge in [0, 0.05) is 17.7 Å². The van der Waals surface area contributed by atoms with Gasteiger partial charge >= 0.3 is 0 Å². The quantitative estimate of drug-likeness (QED) is 0.918. The van der Waals surface area contributed by atoms with Crippen molar-refractivity contribution in [3.8, 4) is 0 Å². The van der Waals surface area contributed by atoms with Gasteiger partial charge < -0.3 is 10.1 Å². The van der Waals surface area contributed by atoms with E-state index in [2.05, 4.69) is 22.8 Å². The fourth-order valence-electron chi connectivity index (χ4n) is 2.25. The molecule has 2 heterocycles. The van der Waals surface area contributed by atoms with E-state index in [4.69, 9.17) is 4.74 Å². The molecule has 1 atom stereocenters. The van der Waals surface area contributed by atoms with Crippen LogP contribution in [-0.2, 0) is 16.0 Å². The number of Topliss-reactive ketones (excluding diaryl/α,β-unsaturated/α-hetero) is 1. The highest BCUT2D eigenvalue weighted by atomic mass is 32.1. The molecule has 1 aliphatic heterocycles. The first kappa shape index (κ1) is 11.8. The predicted molar refractivity (Wildman–Crippen MR) is 73.1 cm³/mol. The molecule has 1 N–H and O–H groups in total. The fourth-order valence-corrected chi connectivity index (χ4v) is 3.22. The summed E-state index contributed by atoms with van der Waals surface area (Å²) in [4.78, 5) is 12.2. The van der Waals surface area contributed by atoms with Crippen LogP contribution in [0.2, 0.25) is 0 Å². The molecule has 1 fully saturated rings. The Labute approximate surface area is 110 Å². The average Bonchev–Trinajstić information content (AvgIpc) is 2.83. The summed E-state index contributed by atoms with van der Waals surface area (Å²) in [5, 5.41) is 6.50. The van der Waals surface area contributed by atoms with E-state index in [1.165, 1.54) is 10.1 Å². The van der Waals surface area contributed by atoms with Crippen LogP contribution in [0.1, 0.15) is 5.56 Å². The van der Waals surface area contributed by atoms with E-state index < -0.39 is 0 Å². The predicted octanol–water partition coefficient (Wildman–Crippen LogP) is 2.00. The second-order valence-electron chi connectivity index (χ2n) is 4.48. The summed E-state index contributed by atoms with van der Waals surface area (Å²) in [6.45, 7) is 1.97. The van der Waals surface area contributed by atoms with Gasteiger partial charge in [-0.15, -0.1) is 11.3 Å². The highest BCUT2D eigenvalue weighted by molar-refractivity contribution is 7.17. The summed E-state index contributed by atoms with van der Waals surface area (Å²) >= 11 is 1.70. The summed E-state index contributed by atoms with van der Waals surface area (Å²) in [5.41, 5.74) is 1.13. The molecule has 0 saturated carbocycles. The Balaban J connectivity index is 1.77. The summed E-state index contributed by atoms with van der Waals surface area (Å²) in [7, 11) is 0. The van der Waals surface area contributed by atoms with Gasteiger partial charge in [0.05, 0.1) is 19.3 Å². The molecule has 0 amide bonds. The zero-order chi connectivity index (χ0) is 12.4. The molecular weight excluding hydrogens is 246 g/mol. The molecule has 1 aromatic heterocycles. The monoisotopic (exact) mass is 261 g/mol. The highest BCUT2D eigenvalue weighted by Gasteiger charge is 2.21. The molecule has 1 aliphatic rings. The lowest BCUT2D eigenvalue weighted by Gasteiger charge is -2.22. The van der Waals surface area contributed by atoms with E-state index in [0.717, 1.165) is 12.1 Å². The molecule has 1 aromatic carbocycles. The van der Waals surface area contributed by atoms with Crippen LogP contribution in [0.3, 0.4) is 0 Å². The van der Waals surface area contributed by atoms with Crippen LogP contribution in [0.5, 0.6) is 0 Å². The van der Waals surface area contributed by atoms with Crippen molar-refractivity contribution in [2.75, 3.05) is 19.8 Å². The van der Waals surface area contributed by atoms with Crippen molar-refractivity contribution in [3.63, 3.8) is 0 Å². The van der Waals surface area contributed by atoms with Gasteiger partial charge in [-0.25, -0.2) is 0 Å². The number of hydrogen-bond acceptors (Lipinski definition) is 4. The van der Waals surface area contributed by atoms with Crippen molar-refractivity contribution in [3.05, 3.63) is 35.2 Å². The number of ether oxygens (including phenoxy) is 1. The van der Waals surface area contributed by atoms with Gasteiger partial charge in [-0.2, -0.15) is 0 Å². The van der Waals surface area contributed by atoms with Crippen LogP contribution in [-0.4, -0.2) is 31.6 Å². The van der Waals surface area contributed by atoms with E-state index >= 15 is 0 Å². The summed E-state index contributed by atoms with van der Waals surface area (Å²) in [6.07, 6.45) is 0.491. The number of nitrogens with one attached hydrogen (secondary N) is 1. The zero-order valence-electron chi connectivity index (χ0n) is 10.0. The lowest BCUT2D eigenvalue weighted by atomic mass is 10.0. The van der Waals surface area contributed by atoms with Crippen LogP contribution < -0.4 is 5.32 Å². The minimum absolute atomic E-state index is 0.141. The van der Waals surface area contributed by atoms with Gasteiger partial charge in [0.25, 0.3) is 0 Å². The SMILES string of the molecule is O=C(Cc1csc2ccccc12)C1COCCN1. The van der Waals surface area contributed by atoms with E-state index in [9.17, 15) is 4.79 Å². The maximum absolute atomic E-state index is 12.2. The smallest absolute Gasteiger partial charge is 0.156 e. The molecule has 0 radical (unpaired) electrons. The first-order valence-corrected chi connectivity index (χ1v) is 7.01. The number of fused-ring (bicyclic) bond motifs is 1. The van der Waals surface area contributed by atoms with Crippen LogP contribution >= 0.6 is 11.3 Å². The fraction of sp³-hybridized carbons (Fsp3) is 0.357. The lowest BCUT2D eigenvalue weighted by Crippen LogP contribution is -2.47. The Morgan fingerprint density at radius 1 is 1.44 bits per heavy atom. The molecule has 2 aromatic rings. The van der Waals surface area contributed by atoms with Crippen molar-refractivity contribution in [1.82, 2.24) is 5.32 Å². The van der Waals surface area contributed by atoms with Crippen molar-refractivity contribution >= 4 is 27.2 Å². The molecule has 4 heteroatoms. The van der Waals surface area contributed by atoms with Gasteiger partial charge in [0.2, 0.25) is 0 Å². The number of thiophene rings is 1. The maximum atomic E-state index is 12.2. The van der Waals surface area contributed by atoms with Crippen LogP contribution in [0.4, 0.5) is 0 Å². The number of rotatable bonds is 3. The molecule has 0 bridgehead atoms. The summed E-state index contributed by atoms with van der Waals surface area (Å²) in [5.74, 6) is 0.221. The third-order valence-corrected chi connectivity index (χ3v) is 4.25. The maximum Gasteiger partial charge on any atom is 0.156 e. The first-order valence-electron chi connectivity index (χ1n) is 6.13. The minimum atomic E-state index is -0.141. The third kappa shape index (κ3) is 2.32. The van der Waals surface area contributed by atoms with Crippen LogP contribution in [0.25, 0.3) is 10.1 Å². The Morgan fingerprint density at radius 2 is 2.33 bits per heavy atom. The third-order valence-electron chi connectivity index (χ3n) is 3.24. The van der Waals surface area contributed by atoms with Gasteiger partial charge in [0.15, 0.2) is 5.78 Å². The largest absolute Gasteiger partial charge is 0.378 e. The minimum Gasteiger partial charge on any atom is -0.378 e. The van der Waals surface area contributed by atoms with Crippen LogP contribution in [0.15, 0.2) is 29.6 Å². The number of ketones is 1. The second kappa shape index (κ2) is 5.18. The van der Waals surface area contributed by atoms with Crippen molar-refractivity contribution < 1.29 is 9.53 Å². The molecule has 94 valence electrons. The Hall–Kier alpha value is -1.23. The van der Waals surface area contributed by atoms with Crippen molar-refractivity contribution in [2.45, 2.75) is 12.5 Å². The van der Waals surface area contributed by atoms with E-state index in [1.807, 2.05) is 12.1 Å². The molecule has 0 spiro atoms.